The van der Waals surface area contributed by atoms with E-state index in [-0.39, 0.29) is 13.4 Å². The second-order valence-electron chi connectivity index (χ2n) is 4.68. The van der Waals surface area contributed by atoms with Gasteiger partial charge in [-0.25, -0.2) is 0 Å². The molecule has 0 spiro atoms. The van der Waals surface area contributed by atoms with E-state index in [0.717, 1.165) is 18.4 Å². The molecular formula is C14H20O4. The lowest BCUT2D eigenvalue weighted by Crippen LogP contribution is -2.09. The summed E-state index contributed by atoms with van der Waals surface area (Å²) in [5.74, 6) is 2.55. The molecule has 0 radical (unpaired) electrons. The smallest absolute Gasteiger partial charge is 0.231 e. The molecule has 1 unspecified atom stereocenters. The molecule has 1 aromatic carbocycles. The fourth-order valence-electron chi connectivity index (χ4n) is 2.03. The zero-order chi connectivity index (χ0) is 13.0. The minimum absolute atomic E-state index is 0.0614. The fraction of sp³-hybridized carbons (Fsp3) is 0.571. The predicted octanol–water partition coefficient (Wildman–Crippen LogP) is 2.72. The van der Waals surface area contributed by atoms with Crippen molar-refractivity contribution >= 4 is 0 Å². The molecule has 1 N–H and O–H groups in total. The van der Waals surface area contributed by atoms with Crippen molar-refractivity contribution in [3.05, 3.63) is 17.7 Å². The van der Waals surface area contributed by atoms with E-state index >= 15 is 0 Å². The van der Waals surface area contributed by atoms with Crippen molar-refractivity contribution < 1.29 is 19.3 Å². The summed E-state index contributed by atoms with van der Waals surface area (Å²) in [5.41, 5.74) is 0.739. The molecule has 0 aliphatic carbocycles. The van der Waals surface area contributed by atoms with Crippen molar-refractivity contribution in [2.75, 3.05) is 13.4 Å². The number of aliphatic hydroxyl groups excluding tert-OH is 1. The molecule has 0 amide bonds. The molecule has 1 aromatic rings. The first kappa shape index (κ1) is 13.0. The Labute approximate surface area is 107 Å². The Balaban J connectivity index is 2.07. The third-order valence-corrected chi connectivity index (χ3v) is 3.03. The quantitative estimate of drug-likeness (QED) is 0.845. The average Bonchev–Trinajstić information content (AvgIpc) is 2.82. The molecule has 18 heavy (non-hydrogen) atoms. The summed E-state index contributed by atoms with van der Waals surface area (Å²) < 4.78 is 16.4. The summed E-state index contributed by atoms with van der Waals surface area (Å²) in [6.07, 6.45) is 2.29. The molecule has 100 valence electrons. The van der Waals surface area contributed by atoms with E-state index in [1.807, 2.05) is 0 Å². The van der Waals surface area contributed by atoms with Gasteiger partial charge in [-0.3, -0.25) is 0 Å². The predicted molar refractivity (Wildman–Crippen MR) is 68.1 cm³/mol. The molecule has 4 heteroatoms. The van der Waals surface area contributed by atoms with E-state index in [2.05, 4.69) is 13.8 Å². The highest BCUT2D eigenvalue weighted by Gasteiger charge is 2.18. The molecule has 1 aliphatic heterocycles. The summed E-state index contributed by atoms with van der Waals surface area (Å²) in [6.45, 7) is 5.15. The van der Waals surface area contributed by atoms with Crippen molar-refractivity contribution in [3.63, 3.8) is 0 Å². The fourth-order valence-corrected chi connectivity index (χ4v) is 2.03. The lowest BCUT2D eigenvalue weighted by Gasteiger charge is -2.15. The SMILES string of the molecule is CCCC(C)COc1cc2c(cc1CO)OCO2. The van der Waals surface area contributed by atoms with Crippen molar-refractivity contribution in [3.8, 4) is 17.2 Å². The van der Waals surface area contributed by atoms with Crippen LogP contribution in [-0.2, 0) is 6.61 Å². The Morgan fingerprint density at radius 2 is 2.06 bits per heavy atom. The molecule has 0 fully saturated rings. The Kier molecular flexibility index (Phi) is 4.31. The van der Waals surface area contributed by atoms with Crippen LogP contribution in [0, 0.1) is 5.92 Å². The van der Waals surface area contributed by atoms with Crippen LogP contribution < -0.4 is 14.2 Å². The van der Waals surface area contributed by atoms with Crippen LogP contribution in [0.5, 0.6) is 17.2 Å². The van der Waals surface area contributed by atoms with Gasteiger partial charge < -0.3 is 19.3 Å². The Morgan fingerprint density at radius 1 is 1.33 bits per heavy atom. The summed E-state index contributed by atoms with van der Waals surface area (Å²) in [4.78, 5) is 0. The first-order valence-corrected chi connectivity index (χ1v) is 6.40. The zero-order valence-corrected chi connectivity index (χ0v) is 10.9. The minimum Gasteiger partial charge on any atom is -0.493 e. The van der Waals surface area contributed by atoms with Gasteiger partial charge in [-0.2, -0.15) is 0 Å². The van der Waals surface area contributed by atoms with Gasteiger partial charge in [-0.15, -0.1) is 0 Å². The number of ether oxygens (including phenoxy) is 3. The van der Waals surface area contributed by atoms with Crippen LogP contribution >= 0.6 is 0 Å². The molecule has 1 heterocycles. The van der Waals surface area contributed by atoms with Gasteiger partial charge in [-0.1, -0.05) is 20.3 Å². The largest absolute Gasteiger partial charge is 0.493 e. The van der Waals surface area contributed by atoms with Crippen LogP contribution in [0.15, 0.2) is 12.1 Å². The van der Waals surface area contributed by atoms with Crippen LogP contribution in [0.1, 0.15) is 32.3 Å². The van der Waals surface area contributed by atoms with Gasteiger partial charge in [0.1, 0.15) is 5.75 Å². The van der Waals surface area contributed by atoms with Gasteiger partial charge in [0.15, 0.2) is 11.5 Å². The normalized spacial score (nSPS) is 14.6. The monoisotopic (exact) mass is 252 g/mol. The Morgan fingerprint density at radius 3 is 2.72 bits per heavy atom. The summed E-state index contributed by atoms with van der Waals surface area (Å²) in [6, 6.07) is 3.58. The van der Waals surface area contributed by atoms with Crippen LogP contribution in [-0.4, -0.2) is 18.5 Å². The molecule has 1 atom stereocenters. The summed E-state index contributed by atoms with van der Waals surface area (Å²) in [7, 11) is 0. The first-order chi connectivity index (χ1) is 8.74. The number of fused-ring (bicyclic) bond motifs is 1. The maximum absolute atomic E-state index is 9.34. The lowest BCUT2D eigenvalue weighted by molar-refractivity contribution is 0.173. The lowest BCUT2D eigenvalue weighted by atomic mass is 10.1. The minimum atomic E-state index is -0.0614. The van der Waals surface area contributed by atoms with Crippen molar-refractivity contribution in [2.24, 2.45) is 5.92 Å². The highest BCUT2D eigenvalue weighted by atomic mass is 16.7. The van der Waals surface area contributed by atoms with Crippen LogP contribution in [0.25, 0.3) is 0 Å². The van der Waals surface area contributed by atoms with Gasteiger partial charge in [0, 0.05) is 11.6 Å². The molecule has 0 bridgehead atoms. The van der Waals surface area contributed by atoms with Crippen LogP contribution in [0.3, 0.4) is 0 Å². The molecule has 1 aliphatic rings. The third kappa shape index (κ3) is 2.88. The number of benzene rings is 1. The van der Waals surface area contributed by atoms with Crippen molar-refractivity contribution in [1.29, 1.82) is 0 Å². The van der Waals surface area contributed by atoms with Gasteiger partial charge in [0.05, 0.1) is 13.2 Å². The second-order valence-corrected chi connectivity index (χ2v) is 4.68. The molecule has 4 nitrogen and oxygen atoms in total. The number of rotatable bonds is 6. The molecule has 0 aromatic heterocycles. The maximum atomic E-state index is 9.34. The maximum Gasteiger partial charge on any atom is 0.231 e. The topological polar surface area (TPSA) is 47.9 Å². The van der Waals surface area contributed by atoms with E-state index in [0.29, 0.717) is 29.8 Å². The van der Waals surface area contributed by atoms with Gasteiger partial charge in [0.25, 0.3) is 0 Å². The van der Waals surface area contributed by atoms with E-state index < -0.39 is 0 Å². The van der Waals surface area contributed by atoms with E-state index in [9.17, 15) is 5.11 Å². The van der Waals surface area contributed by atoms with Gasteiger partial charge in [0.2, 0.25) is 6.79 Å². The summed E-state index contributed by atoms with van der Waals surface area (Å²) >= 11 is 0. The third-order valence-electron chi connectivity index (χ3n) is 3.03. The zero-order valence-electron chi connectivity index (χ0n) is 10.9. The number of hydrogen-bond acceptors (Lipinski definition) is 4. The number of hydrogen-bond donors (Lipinski definition) is 1. The number of aliphatic hydroxyl groups is 1. The standard InChI is InChI=1S/C14H20O4/c1-3-4-10(2)8-16-12-6-14-13(17-9-18-14)5-11(12)7-15/h5-6,10,15H,3-4,7-9H2,1-2H3. The van der Waals surface area contributed by atoms with Crippen molar-refractivity contribution in [2.45, 2.75) is 33.3 Å². The van der Waals surface area contributed by atoms with E-state index in [4.69, 9.17) is 14.2 Å². The van der Waals surface area contributed by atoms with E-state index in [1.165, 1.54) is 0 Å². The van der Waals surface area contributed by atoms with Gasteiger partial charge >= 0.3 is 0 Å². The molecular weight excluding hydrogens is 232 g/mol. The highest BCUT2D eigenvalue weighted by Crippen LogP contribution is 2.38. The highest BCUT2D eigenvalue weighted by molar-refractivity contribution is 5.51. The van der Waals surface area contributed by atoms with Gasteiger partial charge in [-0.05, 0) is 18.4 Å². The molecule has 2 rings (SSSR count). The average molecular weight is 252 g/mol. The molecule has 0 saturated carbocycles. The van der Waals surface area contributed by atoms with E-state index in [1.54, 1.807) is 12.1 Å². The first-order valence-electron chi connectivity index (χ1n) is 6.40. The second kappa shape index (κ2) is 5.96. The van der Waals surface area contributed by atoms with Crippen LogP contribution in [0.4, 0.5) is 0 Å². The molecule has 0 saturated heterocycles. The van der Waals surface area contributed by atoms with Crippen LogP contribution in [0.2, 0.25) is 0 Å². The summed E-state index contributed by atoms with van der Waals surface area (Å²) in [5, 5.41) is 9.34. The van der Waals surface area contributed by atoms with Crippen molar-refractivity contribution in [1.82, 2.24) is 0 Å². The Hall–Kier alpha value is -1.42. The Bertz CT molecular complexity index is 403.